The second-order valence-electron chi connectivity index (χ2n) is 6.51. The fraction of sp³-hybridized carbons (Fsp3) is 0.556. The summed E-state index contributed by atoms with van der Waals surface area (Å²) in [6.45, 7) is 1.42. The SMILES string of the molecule is CN(C(=O)NC[C@H]1CCSC1)[C@@H]1CCCN(c2ccccc2)C1=O. The molecular formula is C18H25N3O2S. The molecule has 3 amide bonds. The summed E-state index contributed by atoms with van der Waals surface area (Å²) >= 11 is 1.94. The second kappa shape index (κ2) is 7.92. The van der Waals surface area contributed by atoms with Gasteiger partial charge in [-0.15, -0.1) is 0 Å². The number of para-hydroxylation sites is 1. The van der Waals surface area contributed by atoms with Crippen molar-refractivity contribution in [1.29, 1.82) is 0 Å². The van der Waals surface area contributed by atoms with Crippen molar-refractivity contribution in [2.45, 2.75) is 25.3 Å². The summed E-state index contributed by atoms with van der Waals surface area (Å²) in [5.74, 6) is 2.88. The first-order valence-corrected chi connectivity index (χ1v) is 9.77. The van der Waals surface area contributed by atoms with Crippen molar-refractivity contribution in [3.05, 3.63) is 30.3 Å². The Morgan fingerprint density at radius 2 is 2.12 bits per heavy atom. The lowest BCUT2D eigenvalue weighted by molar-refractivity contribution is -0.123. The molecule has 0 unspecified atom stereocenters. The first-order valence-electron chi connectivity index (χ1n) is 8.61. The molecule has 2 saturated heterocycles. The third-order valence-corrected chi connectivity index (χ3v) is 6.06. The molecule has 0 bridgehead atoms. The Kier molecular flexibility index (Phi) is 5.66. The molecule has 2 atom stereocenters. The Morgan fingerprint density at radius 3 is 2.83 bits per heavy atom. The summed E-state index contributed by atoms with van der Waals surface area (Å²) in [7, 11) is 1.73. The van der Waals surface area contributed by atoms with E-state index in [9.17, 15) is 9.59 Å². The molecule has 6 heteroatoms. The van der Waals surface area contributed by atoms with Crippen LogP contribution in [0.25, 0.3) is 0 Å². The van der Waals surface area contributed by atoms with Gasteiger partial charge in [-0.3, -0.25) is 4.79 Å². The average molecular weight is 347 g/mol. The minimum absolute atomic E-state index is 0.0153. The van der Waals surface area contributed by atoms with E-state index in [0.29, 0.717) is 19.0 Å². The Hall–Kier alpha value is -1.69. The molecule has 1 aromatic rings. The quantitative estimate of drug-likeness (QED) is 0.911. The molecule has 0 spiro atoms. The van der Waals surface area contributed by atoms with Gasteiger partial charge in [0, 0.05) is 25.8 Å². The van der Waals surface area contributed by atoms with Crippen molar-refractivity contribution in [2.24, 2.45) is 5.92 Å². The molecule has 0 aliphatic carbocycles. The molecule has 130 valence electrons. The fourth-order valence-corrected chi connectivity index (χ4v) is 4.61. The van der Waals surface area contributed by atoms with Crippen LogP contribution in [0.1, 0.15) is 19.3 Å². The minimum Gasteiger partial charge on any atom is -0.338 e. The molecule has 2 aliphatic rings. The zero-order chi connectivity index (χ0) is 16.9. The lowest BCUT2D eigenvalue weighted by Gasteiger charge is -2.36. The zero-order valence-electron chi connectivity index (χ0n) is 14.1. The highest BCUT2D eigenvalue weighted by atomic mass is 32.2. The lowest BCUT2D eigenvalue weighted by Crippen LogP contribution is -2.55. The zero-order valence-corrected chi connectivity index (χ0v) is 14.9. The van der Waals surface area contributed by atoms with Crippen molar-refractivity contribution < 1.29 is 9.59 Å². The molecule has 0 aromatic heterocycles. The normalized spacial score (nSPS) is 24.0. The van der Waals surface area contributed by atoms with Crippen molar-refractivity contribution in [3.63, 3.8) is 0 Å². The van der Waals surface area contributed by atoms with Crippen LogP contribution in [0, 0.1) is 5.92 Å². The van der Waals surface area contributed by atoms with E-state index in [1.165, 1.54) is 12.2 Å². The summed E-state index contributed by atoms with van der Waals surface area (Å²) in [5.41, 5.74) is 0.906. The van der Waals surface area contributed by atoms with Crippen LogP contribution >= 0.6 is 11.8 Å². The number of hydrogen-bond acceptors (Lipinski definition) is 3. The van der Waals surface area contributed by atoms with Crippen molar-refractivity contribution in [2.75, 3.05) is 36.5 Å². The van der Waals surface area contributed by atoms with Crippen LogP contribution in [-0.2, 0) is 4.79 Å². The molecule has 2 aliphatic heterocycles. The third-order valence-electron chi connectivity index (χ3n) is 4.83. The molecule has 3 rings (SSSR count). The van der Waals surface area contributed by atoms with Gasteiger partial charge in [-0.25, -0.2) is 4.79 Å². The number of nitrogens with one attached hydrogen (secondary N) is 1. The third kappa shape index (κ3) is 3.86. The summed E-state index contributed by atoms with van der Waals surface area (Å²) in [6.07, 6.45) is 2.80. The molecule has 0 saturated carbocycles. The van der Waals surface area contributed by atoms with Gasteiger partial charge in [-0.2, -0.15) is 11.8 Å². The maximum atomic E-state index is 12.8. The molecule has 1 N–H and O–H groups in total. The van der Waals surface area contributed by atoms with Gasteiger partial charge in [0.1, 0.15) is 6.04 Å². The number of piperidine rings is 1. The number of anilines is 1. The standard InChI is InChI=1S/C18H25N3O2S/c1-20(18(23)19-12-14-9-11-24-13-14)16-8-5-10-21(17(16)22)15-6-3-2-4-7-15/h2-4,6-7,14,16H,5,8-13H2,1H3,(H,19,23)/t14-,16-/m1/s1. The number of likely N-dealkylation sites (N-methyl/N-ethyl adjacent to an activating group) is 1. The number of benzene rings is 1. The minimum atomic E-state index is -0.378. The van der Waals surface area contributed by atoms with E-state index in [1.54, 1.807) is 16.8 Å². The van der Waals surface area contributed by atoms with Crippen LogP contribution in [0.5, 0.6) is 0 Å². The molecule has 2 fully saturated rings. The average Bonchev–Trinajstić information content (AvgIpc) is 3.13. The van der Waals surface area contributed by atoms with Gasteiger partial charge in [-0.1, -0.05) is 18.2 Å². The largest absolute Gasteiger partial charge is 0.338 e. The Balaban J connectivity index is 1.60. The second-order valence-corrected chi connectivity index (χ2v) is 7.66. The van der Waals surface area contributed by atoms with Gasteiger partial charge < -0.3 is 15.1 Å². The highest BCUT2D eigenvalue weighted by Gasteiger charge is 2.34. The number of hydrogen-bond donors (Lipinski definition) is 1. The summed E-state index contributed by atoms with van der Waals surface area (Å²) in [4.78, 5) is 28.6. The Labute approximate surface area is 147 Å². The number of nitrogens with zero attached hydrogens (tertiary/aromatic N) is 2. The van der Waals surface area contributed by atoms with Crippen LogP contribution in [-0.4, -0.2) is 54.5 Å². The molecule has 1 aromatic carbocycles. The van der Waals surface area contributed by atoms with Gasteiger partial charge in [0.25, 0.3) is 0 Å². The van der Waals surface area contributed by atoms with Crippen molar-refractivity contribution >= 4 is 29.4 Å². The summed E-state index contributed by atoms with van der Waals surface area (Å²) < 4.78 is 0. The monoisotopic (exact) mass is 347 g/mol. The van der Waals surface area contributed by atoms with E-state index in [2.05, 4.69) is 5.32 Å². The maximum absolute atomic E-state index is 12.8. The fourth-order valence-electron chi connectivity index (χ4n) is 3.32. The molecule has 2 heterocycles. The molecule has 24 heavy (non-hydrogen) atoms. The van der Waals surface area contributed by atoms with Crippen molar-refractivity contribution in [1.82, 2.24) is 10.2 Å². The van der Waals surface area contributed by atoms with Crippen LogP contribution < -0.4 is 10.2 Å². The highest BCUT2D eigenvalue weighted by molar-refractivity contribution is 7.99. The van der Waals surface area contributed by atoms with Gasteiger partial charge in [-0.05, 0) is 48.8 Å². The molecule has 0 radical (unpaired) electrons. The van der Waals surface area contributed by atoms with Crippen LogP contribution in [0.2, 0.25) is 0 Å². The van der Waals surface area contributed by atoms with E-state index in [0.717, 1.165) is 24.3 Å². The number of carbonyl (C=O) groups excluding carboxylic acids is 2. The van der Waals surface area contributed by atoms with Gasteiger partial charge in [0.2, 0.25) is 5.91 Å². The van der Waals surface area contributed by atoms with Gasteiger partial charge >= 0.3 is 6.03 Å². The maximum Gasteiger partial charge on any atom is 0.317 e. The first-order chi connectivity index (χ1) is 11.7. The van der Waals surface area contributed by atoms with E-state index in [4.69, 9.17) is 0 Å². The lowest BCUT2D eigenvalue weighted by atomic mass is 10.0. The first kappa shape index (κ1) is 17.1. The summed E-state index contributed by atoms with van der Waals surface area (Å²) in [6, 6.07) is 9.17. The van der Waals surface area contributed by atoms with Crippen molar-refractivity contribution in [3.8, 4) is 0 Å². The molecular weight excluding hydrogens is 322 g/mol. The number of amides is 3. The molecule has 5 nitrogen and oxygen atoms in total. The highest BCUT2D eigenvalue weighted by Crippen LogP contribution is 2.24. The number of rotatable bonds is 4. The number of urea groups is 1. The predicted molar refractivity (Wildman–Crippen MR) is 98.4 cm³/mol. The van der Waals surface area contributed by atoms with Gasteiger partial charge in [0.15, 0.2) is 0 Å². The van der Waals surface area contributed by atoms with E-state index in [-0.39, 0.29) is 18.0 Å². The van der Waals surface area contributed by atoms with E-state index in [1.807, 2.05) is 42.1 Å². The Morgan fingerprint density at radius 1 is 1.33 bits per heavy atom. The number of carbonyl (C=O) groups is 2. The van der Waals surface area contributed by atoms with Crippen LogP contribution in [0.4, 0.5) is 10.5 Å². The van der Waals surface area contributed by atoms with E-state index >= 15 is 0 Å². The smallest absolute Gasteiger partial charge is 0.317 e. The topological polar surface area (TPSA) is 52.7 Å². The predicted octanol–water partition coefficient (Wildman–Crippen LogP) is 2.58. The Bertz CT molecular complexity index is 575. The van der Waals surface area contributed by atoms with Crippen LogP contribution in [0.15, 0.2) is 30.3 Å². The number of thioether (sulfide) groups is 1. The van der Waals surface area contributed by atoms with Gasteiger partial charge in [0.05, 0.1) is 0 Å². The van der Waals surface area contributed by atoms with E-state index < -0.39 is 0 Å². The van der Waals surface area contributed by atoms with Crippen LogP contribution in [0.3, 0.4) is 0 Å². The summed E-state index contributed by atoms with van der Waals surface area (Å²) in [5, 5.41) is 3.00.